The number of imidazole rings is 1. The fourth-order valence-electron chi connectivity index (χ4n) is 9.46. The third-order valence-electron chi connectivity index (χ3n) is 13.4. The van der Waals surface area contributed by atoms with E-state index in [1.807, 2.05) is 23.3 Å². The quantitative estimate of drug-likeness (QED) is 0.0409. The van der Waals surface area contributed by atoms with Gasteiger partial charge in [0.05, 0.1) is 42.6 Å². The summed E-state index contributed by atoms with van der Waals surface area (Å²) in [5.41, 5.74) is 1.39. The van der Waals surface area contributed by atoms with Crippen LogP contribution in [0.15, 0.2) is 54.9 Å². The molecule has 0 spiro atoms. The number of ether oxygens (including phenoxy) is 3. The molecule has 0 saturated carbocycles. The van der Waals surface area contributed by atoms with Crippen LogP contribution >= 0.6 is 0 Å². The number of benzene rings is 2. The Kier molecular flexibility index (Phi) is 16.9. The lowest BCUT2D eigenvalue weighted by molar-refractivity contribution is -0.159. The SMILES string of the molecule is Cc1nc2c(F)cc(-c3nc(Nc4ccc([C@H](OC(=O)COCC(=O)C(C)(C)C)C5CCN(CC(=O)NCCOCCNc6cccc7c6C(=O)N(C6CCC(=O)NC6=O)C7=O)CC5)cn4)ncc3F)cc2n1C(C)C. The number of nitrogens with zero attached hydrogens (tertiary/aromatic N) is 7. The highest BCUT2D eigenvalue weighted by Gasteiger charge is 2.45. The number of aryl methyl sites for hydroxylation is 1. The summed E-state index contributed by atoms with van der Waals surface area (Å²) >= 11 is 0. The molecule has 1 unspecified atom stereocenters. The van der Waals surface area contributed by atoms with E-state index in [9.17, 15) is 33.6 Å². The van der Waals surface area contributed by atoms with Crippen LogP contribution in [0.2, 0.25) is 0 Å². The third-order valence-corrected chi connectivity index (χ3v) is 13.4. The second-order valence-electron chi connectivity index (χ2n) is 20.2. The molecule has 6 heterocycles. The van der Waals surface area contributed by atoms with Gasteiger partial charge in [-0.3, -0.25) is 43.9 Å². The van der Waals surface area contributed by atoms with E-state index in [4.69, 9.17) is 14.2 Å². The summed E-state index contributed by atoms with van der Waals surface area (Å²) in [4.78, 5) is 110. The van der Waals surface area contributed by atoms with Gasteiger partial charge in [0.25, 0.3) is 11.8 Å². The lowest BCUT2D eigenvalue weighted by atomic mass is 9.87. The number of aromatic nitrogens is 5. The molecule has 5 aromatic rings. The number of Topliss-reactive ketones (excluding diaryl/α,β-unsaturated/α-hetero) is 1. The van der Waals surface area contributed by atoms with Gasteiger partial charge in [0.15, 0.2) is 17.4 Å². The van der Waals surface area contributed by atoms with Crippen molar-refractivity contribution in [3.63, 3.8) is 0 Å². The number of fused-ring (bicyclic) bond motifs is 2. The van der Waals surface area contributed by atoms with Crippen LogP contribution in [0.4, 0.5) is 26.2 Å². The van der Waals surface area contributed by atoms with Crippen LogP contribution in [-0.2, 0) is 38.2 Å². The number of esters is 1. The van der Waals surface area contributed by atoms with Crippen LogP contribution < -0.4 is 21.3 Å². The van der Waals surface area contributed by atoms with Gasteiger partial charge >= 0.3 is 5.97 Å². The van der Waals surface area contributed by atoms with Crippen molar-refractivity contribution in [2.45, 2.75) is 85.4 Å². The number of pyridine rings is 1. The number of piperidine rings is 2. The summed E-state index contributed by atoms with van der Waals surface area (Å²) in [6.45, 7) is 12.3. The number of likely N-dealkylation sites (tertiary alicyclic amines) is 1. The van der Waals surface area contributed by atoms with Gasteiger partial charge in [-0.15, -0.1) is 0 Å². The third kappa shape index (κ3) is 12.5. The number of rotatable bonds is 21. The summed E-state index contributed by atoms with van der Waals surface area (Å²) in [5, 5.41) is 11.2. The van der Waals surface area contributed by atoms with E-state index >= 15 is 8.78 Å². The fraction of sp³-hybridized carbons (Fsp3) is 0.453. The summed E-state index contributed by atoms with van der Waals surface area (Å²) in [7, 11) is 0. The zero-order valence-electron chi connectivity index (χ0n) is 43.2. The Morgan fingerprint density at radius 3 is 2.36 bits per heavy atom. The van der Waals surface area contributed by atoms with E-state index in [1.165, 1.54) is 12.1 Å². The Bertz CT molecular complexity index is 3040. The summed E-state index contributed by atoms with van der Waals surface area (Å²) < 4.78 is 49.7. The van der Waals surface area contributed by atoms with Gasteiger partial charge in [-0.25, -0.2) is 33.5 Å². The molecule has 2 fully saturated rings. The first kappa shape index (κ1) is 54.6. The molecule has 76 heavy (non-hydrogen) atoms. The molecule has 2 saturated heterocycles. The van der Waals surface area contributed by atoms with Crippen molar-refractivity contribution < 1.29 is 56.6 Å². The fourth-order valence-corrected chi connectivity index (χ4v) is 9.46. The Morgan fingerprint density at radius 1 is 0.882 bits per heavy atom. The van der Waals surface area contributed by atoms with Gasteiger partial charge < -0.3 is 34.7 Å². The molecular weight excluding hydrogens is 989 g/mol. The van der Waals surface area contributed by atoms with Crippen molar-refractivity contribution in [1.82, 2.24) is 44.9 Å². The average Bonchev–Trinajstić information content (AvgIpc) is 3.88. The van der Waals surface area contributed by atoms with E-state index in [0.29, 0.717) is 54.3 Å². The highest BCUT2D eigenvalue weighted by molar-refractivity contribution is 6.25. The van der Waals surface area contributed by atoms with E-state index < -0.39 is 65.4 Å². The van der Waals surface area contributed by atoms with Gasteiger partial charge in [0, 0.05) is 59.9 Å². The highest BCUT2D eigenvalue weighted by atomic mass is 19.1. The van der Waals surface area contributed by atoms with Crippen LogP contribution in [0.3, 0.4) is 0 Å². The molecule has 3 aliphatic rings. The predicted molar refractivity (Wildman–Crippen MR) is 272 cm³/mol. The molecule has 21 nitrogen and oxygen atoms in total. The molecular formula is C53H61F2N11O10. The average molecular weight is 1050 g/mol. The smallest absolute Gasteiger partial charge is 0.332 e. The number of hydrogen-bond donors (Lipinski definition) is 4. The monoisotopic (exact) mass is 1050 g/mol. The number of amides is 5. The summed E-state index contributed by atoms with van der Waals surface area (Å²) in [5.74, 6) is -4.04. The standard InChI is InChI=1S/C53H61F2N11O10/c1-29(2)65-30(3)60-47-35(54)22-33(23-39(47)65)46-36(55)25-59-52(63-46)61-41-12-10-32(24-58-41)48(76-44(70)28-75-27-40(67)53(4,5)6)31-14-18-64(19-15-31)26-43(69)57-17-21-74-20-16-56-37-9-7-8-34-45(37)51(73)66(50(34)72)38-11-13-42(68)62-49(38)71/h7-10,12,22-25,29,31,38,48,56H,11,13-21,26-28H2,1-6H3,(H,57,69)(H,62,68,71)(H,58,59,61,63)/t38?,48-/m1/s1. The normalized spacial score (nSPS) is 16.8. The van der Waals surface area contributed by atoms with Crippen molar-refractivity contribution >= 4 is 69.8 Å². The number of anilines is 3. The van der Waals surface area contributed by atoms with Crippen molar-refractivity contribution in [2.24, 2.45) is 11.3 Å². The van der Waals surface area contributed by atoms with Gasteiger partial charge in [0.1, 0.15) is 48.2 Å². The molecule has 0 radical (unpaired) electrons. The van der Waals surface area contributed by atoms with Crippen LogP contribution in [0.5, 0.6) is 0 Å². The second kappa shape index (κ2) is 23.5. The van der Waals surface area contributed by atoms with Crippen molar-refractivity contribution in [1.29, 1.82) is 0 Å². The first-order valence-corrected chi connectivity index (χ1v) is 25.2. The number of hydrogen-bond acceptors (Lipinski definition) is 17. The lowest BCUT2D eigenvalue weighted by Gasteiger charge is -2.35. The zero-order valence-corrected chi connectivity index (χ0v) is 43.2. The first-order valence-electron chi connectivity index (χ1n) is 25.2. The summed E-state index contributed by atoms with van der Waals surface area (Å²) in [6.07, 6.45) is 2.95. The number of ketones is 1. The number of halogens is 2. The summed E-state index contributed by atoms with van der Waals surface area (Å²) in [6, 6.07) is 9.90. The largest absolute Gasteiger partial charge is 0.455 e. The Morgan fingerprint density at radius 2 is 1.64 bits per heavy atom. The number of imide groups is 2. The van der Waals surface area contributed by atoms with Crippen LogP contribution in [0, 0.1) is 29.9 Å². The molecule has 2 aromatic carbocycles. The molecule has 2 atom stereocenters. The van der Waals surface area contributed by atoms with E-state index in [1.54, 1.807) is 64.2 Å². The maximum atomic E-state index is 15.3. The molecule has 4 N–H and O–H groups in total. The molecule has 0 aliphatic carbocycles. The number of carbonyl (C=O) groups is 7. The minimum Gasteiger partial charge on any atom is -0.455 e. The van der Waals surface area contributed by atoms with E-state index in [2.05, 4.69) is 41.2 Å². The van der Waals surface area contributed by atoms with Crippen LogP contribution in [-0.4, -0.2) is 141 Å². The van der Waals surface area contributed by atoms with Gasteiger partial charge in [-0.2, -0.15) is 0 Å². The lowest BCUT2D eigenvalue weighted by Crippen LogP contribution is -2.54. The van der Waals surface area contributed by atoms with Crippen LogP contribution in [0.25, 0.3) is 22.3 Å². The zero-order chi connectivity index (χ0) is 54.4. The highest BCUT2D eigenvalue weighted by Crippen LogP contribution is 2.36. The van der Waals surface area contributed by atoms with Gasteiger partial charge in [-0.1, -0.05) is 32.9 Å². The Hall–Kier alpha value is -7.63. The molecule has 402 valence electrons. The minimum atomic E-state index is -1.07. The van der Waals surface area contributed by atoms with E-state index in [-0.39, 0.29) is 110 Å². The molecule has 8 rings (SSSR count). The van der Waals surface area contributed by atoms with Crippen molar-refractivity contribution in [3.05, 3.63) is 89.0 Å². The van der Waals surface area contributed by atoms with Crippen molar-refractivity contribution in [2.75, 3.05) is 69.8 Å². The Balaban J connectivity index is 0.827. The number of nitrogens with one attached hydrogen (secondary N) is 4. The van der Waals surface area contributed by atoms with Crippen LogP contribution in [0.1, 0.15) is 105 Å². The number of carbonyl (C=O) groups excluding carboxylic acids is 7. The molecule has 0 bridgehead atoms. The van der Waals surface area contributed by atoms with E-state index in [0.717, 1.165) is 11.1 Å². The van der Waals surface area contributed by atoms with Crippen molar-refractivity contribution in [3.8, 4) is 11.3 Å². The topological polar surface area (TPSA) is 258 Å². The molecule has 3 aromatic heterocycles. The van der Waals surface area contributed by atoms with Gasteiger partial charge in [-0.05, 0) is 83.5 Å². The Labute approximate surface area is 436 Å². The van der Waals surface area contributed by atoms with Gasteiger partial charge in [0.2, 0.25) is 23.7 Å². The molecule has 23 heteroatoms. The minimum absolute atomic E-state index is 0.00221. The maximum absolute atomic E-state index is 15.3. The maximum Gasteiger partial charge on any atom is 0.332 e. The second-order valence-corrected chi connectivity index (χ2v) is 20.2. The predicted octanol–water partition coefficient (Wildman–Crippen LogP) is 5.37. The molecule has 5 amide bonds. The first-order chi connectivity index (χ1) is 36.3. The molecule has 3 aliphatic heterocycles.